The van der Waals surface area contributed by atoms with E-state index >= 15 is 0 Å². The van der Waals surface area contributed by atoms with Crippen LogP contribution >= 0.6 is 11.6 Å². The highest BCUT2D eigenvalue weighted by Crippen LogP contribution is 2.27. The first-order chi connectivity index (χ1) is 11.1. The summed E-state index contributed by atoms with van der Waals surface area (Å²) in [6.45, 7) is 0.648. The van der Waals surface area contributed by atoms with E-state index in [1.807, 2.05) is 24.3 Å². The van der Waals surface area contributed by atoms with E-state index in [0.717, 1.165) is 24.1 Å². The molecule has 0 saturated carbocycles. The summed E-state index contributed by atoms with van der Waals surface area (Å²) in [7, 11) is 0. The Balaban J connectivity index is 1.68. The number of aryl methyl sites for hydroxylation is 1. The maximum atomic E-state index is 12.5. The first-order valence-corrected chi connectivity index (χ1v) is 7.95. The number of amides is 2. The van der Waals surface area contributed by atoms with Gasteiger partial charge in [0.15, 0.2) is 0 Å². The van der Waals surface area contributed by atoms with Crippen molar-refractivity contribution in [1.29, 1.82) is 0 Å². The molecule has 23 heavy (non-hydrogen) atoms. The largest absolute Gasteiger partial charge is 0.324 e. The van der Waals surface area contributed by atoms with Crippen LogP contribution in [-0.4, -0.2) is 18.4 Å². The summed E-state index contributed by atoms with van der Waals surface area (Å²) in [6.07, 6.45) is 1.68. The molecule has 1 heterocycles. The minimum absolute atomic E-state index is 0.193. The molecule has 0 fully saturated rings. The number of benzene rings is 2. The summed E-state index contributed by atoms with van der Waals surface area (Å²) < 4.78 is 0. The van der Waals surface area contributed by atoms with Crippen molar-refractivity contribution in [2.45, 2.75) is 19.3 Å². The van der Waals surface area contributed by atoms with Crippen LogP contribution in [0.5, 0.6) is 0 Å². The van der Waals surface area contributed by atoms with Crippen molar-refractivity contribution < 1.29 is 9.59 Å². The van der Waals surface area contributed by atoms with Crippen LogP contribution in [-0.2, 0) is 16.0 Å². The van der Waals surface area contributed by atoms with E-state index in [0.29, 0.717) is 17.3 Å². The topological polar surface area (TPSA) is 49.4 Å². The first kappa shape index (κ1) is 15.6. The molecule has 4 nitrogen and oxygen atoms in total. The number of rotatable bonds is 3. The van der Waals surface area contributed by atoms with Crippen molar-refractivity contribution in [2.24, 2.45) is 0 Å². The zero-order chi connectivity index (χ0) is 16.2. The highest BCUT2D eigenvalue weighted by atomic mass is 35.5. The number of anilines is 2. The molecule has 0 saturated heterocycles. The van der Waals surface area contributed by atoms with Crippen molar-refractivity contribution in [3.05, 3.63) is 59.1 Å². The van der Waals surface area contributed by atoms with Crippen LogP contribution < -0.4 is 10.2 Å². The van der Waals surface area contributed by atoms with Crippen molar-refractivity contribution >= 4 is 34.8 Å². The Morgan fingerprint density at radius 2 is 1.83 bits per heavy atom. The van der Waals surface area contributed by atoms with E-state index in [-0.39, 0.29) is 18.2 Å². The van der Waals surface area contributed by atoms with Crippen molar-refractivity contribution in [2.75, 3.05) is 16.8 Å². The molecule has 3 rings (SSSR count). The molecule has 2 aromatic carbocycles. The molecule has 0 aromatic heterocycles. The standard InChI is InChI=1S/C18H17ClN2O2/c19-14-8-2-3-9-15(14)20-17(22)12-18(23)21-11-5-7-13-6-1-4-10-16(13)21/h1-4,6,8-10H,5,7,11-12H2,(H,20,22). The lowest BCUT2D eigenvalue weighted by atomic mass is 10.0. The monoisotopic (exact) mass is 328 g/mol. The van der Waals surface area contributed by atoms with Gasteiger partial charge >= 0.3 is 0 Å². The van der Waals surface area contributed by atoms with Crippen LogP contribution in [0.1, 0.15) is 18.4 Å². The second-order valence-electron chi connectivity index (χ2n) is 5.48. The summed E-state index contributed by atoms with van der Waals surface area (Å²) in [5.41, 5.74) is 2.58. The van der Waals surface area contributed by atoms with Crippen LogP contribution in [0.3, 0.4) is 0 Å². The van der Waals surface area contributed by atoms with Gasteiger partial charge in [-0.05, 0) is 36.6 Å². The van der Waals surface area contributed by atoms with Crippen molar-refractivity contribution in [1.82, 2.24) is 0 Å². The summed E-state index contributed by atoms with van der Waals surface area (Å²) in [6, 6.07) is 14.8. The minimum Gasteiger partial charge on any atom is -0.324 e. The maximum absolute atomic E-state index is 12.5. The minimum atomic E-state index is -0.355. The van der Waals surface area contributed by atoms with Gasteiger partial charge in [-0.2, -0.15) is 0 Å². The highest BCUT2D eigenvalue weighted by Gasteiger charge is 2.23. The van der Waals surface area contributed by atoms with Gasteiger partial charge < -0.3 is 10.2 Å². The molecule has 0 spiro atoms. The lowest BCUT2D eigenvalue weighted by Gasteiger charge is -2.29. The second kappa shape index (κ2) is 6.84. The number of para-hydroxylation sites is 2. The van der Waals surface area contributed by atoms with Crippen LogP contribution in [0.25, 0.3) is 0 Å². The van der Waals surface area contributed by atoms with E-state index in [1.165, 1.54) is 0 Å². The number of nitrogens with one attached hydrogen (secondary N) is 1. The predicted octanol–water partition coefficient (Wildman–Crippen LogP) is 3.65. The third kappa shape index (κ3) is 3.54. The quantitative estimate of drug-likeness (QED) is 0.874. The van der Waals surface area contributed by atoms with Crippen molar-refractivity contribution in [3.8, 4) is 0 Å². The number of halogens is 1. The second-order valence-corrected chi connectivity index (χ2v) is 5.89. The molecule has 118 valence electrons. The molecule has 2 amide bonds. The van der Waals surface area contributed by atoms with E-state index in [1.54, 1.807) is 29.2 Å². The van der Waals surface area contributed by atoms with Gasteiger partial charge in [-0.15, -0.1) is 0 Å². The molecule has 0 unspecified atom stereocenters. The average molecular weight is 329 g/mol. The molecule has 0 atom stereocenters. The molecule has 0 aliphatic carbocycles. The van der Waals surface area contributed by atoms with E-state index in [4.69, 9.17) is 11.6 Å². The molecular weight excluding hydrogens is 312 g/mol. The van der Waals surface area contributed by atoms with Gasteiger partial charge in [-0.25, -0.2) is 0 Å². The van der Waals surface area contributed by atoms with Crippen LogP contribution in [0.2, 0.25) is 5.02 Å². The number of hydrogen-bond acceptors (Lipinski definition) is 2. The fraction of sp³-hybridized carbons (Fsp3) is 0.222. The van der Waals surface area contributed by atoms with Gasteiger partial charge in [0, 0.05) is 12.2 Å². The van der Waals surface area contributed by atoms with Gasteiger partial charge in [0.25, 0.3) is 0 Å². The summed E-state index contributed by atoms with van der Waals surface area (Å²) in [5, 5.41) is 3.14. The number of hydrogen-bond donors (Lipinski definition) is 1. The molecule has 1 aliphatic rings. The average Bonchev–Trinajstić information content (AvgIpc) is 2.56. The molecule has 1 aliphatic heterocycles. The van der Waals surface area contributed by atoms with Gasteiger partial charge in [0.2, 0.25) is 11.8 Å². The lowest BCUT2D eigenvalue weighted by molar-refractivity contribution is -0.125. The van der Waals surface area contributed by atoms with Gasteiger partial charge in [-0.3, -0.25) is 9.59 Å². The molecule has 0 radical (unpaired) electrons. The third-order valence-electron chi connectivity index (χ3n) is 3.87. The number of carbonyl (C=O) groups is 2. The molecule has 0 bridgehead atoms. The van der Waals surface area contributed by atoms with E-state index in [9.17, 15) is 9.59 Å². The Bertz CT molecular complexity index is 745. The SMILES string of the molecule is O=C(CC(=O)N1CCCc2ccccc21)Nc1ccccc1Cl. The maximum Gasteiger partial charge on any atom is 0.236 e. The molecule has 1 N–H and O–H groups in total. The molecular formula is C18H17ClN2O2. The van der Waals surface area contributed by atoms with Gasteiger partial charge in [-0.1, -0.05) is 41.9 Å². The van der Waals surface area contributed by atoms with Crippen LogP contribution in [0.4, 0.5) is 11.4 Å². The fourth-order valence-corrected chi connectivity index (χ4v) is 2.97. The predicted molar refractivity (Wildman–Crippen MR) is 91.8 cm³/mol. The Morgan fingerprint density at radius 1 is 1.09 bits per heavy atom. The zero-order valence-electron chi connectivity index (χ0n) is 12.6. The summed E-state index contributed by atoms with van der Waals surface area (Å²) in [5.74, 6) is -0.548. The molecule has 5 heteroatoms. The Labute approximate surface area is 140 Å². The highest BCUT2D eigenvalue weighted by molar-refractivity contribution is 6.33. The summed E-state index contributed by atoms with van der Waals surface area (Å²) in [4.78, 5) is 26.3. The fourth-order valence-electron chi connectivity index (χ4n) is 2.78. The van der Waals surface area contributed by atoms with Gasteiger partial charge in [0.1, 0.15) is 6.42 Å². The normalized spacial score (nSPS) is 13.3. The zero-order valence-corrected chi connectivity index (χ0v) is 13.3. The van der Waals surface area contributed by atoms with E-state index in [2.05, 4.69) is 5.32 Å². The number of fused-ring (bicyclic) bond motifs is 1. The Hall–Kier alpha value is -2.33. The van der Waals surface area contributed by atoms with Crippen LogP contribution in [0.15, 0.2) is 48.5 Å². The summed E-state index contributed by atoms with van der Waals surface area (Å²) >= 11 is 6.01. The third-order valence-corrected chi connectivity index (χ3v) is 4.20. The van der Waals surface area contributed by atoms with Gasteiger partial charge in [0.05, 0.1) is 10.7 Å². The number of carbonyl (C=O) groups excluding carboxylic acids is 2. The first-order valence-electron chi connectivity index (χ1n) is 7.58. The molecule has 2 aromatic rings. The lowest BCUT2D eigenvalue weighted by Crippen LogP contribution is -2.37. The van der Waals surface area contributed by atoms with Crippen molar-refractivity contribution in [3.63, 3.8) is 0 Å². The van der Waals surface area contributed by atoms with Crippen LogP contribution in [0, 0.1) is 0 Å². The Kier molecular flexibility index (Phi) is 4.63. The smallest absolute Gasteiger partial charge is 0.236 e. The van der Waals surface area contributed by atoms with E-state index < -0.39 is 0 Å². The number of nitrogens with zero attached hydrogens (tertiary/aromatic N) is 1. The Morgan fingerprint density at radius 3 is 2.65 bits per heavy atom.